The van der Waals surface area contributed by atoms with E-state index in [0.717, 1.165) is 25.0 Å². The monoisotopic (exact) mass is 290 g/mol. The Bertz CT molecular complexity index is 668. The Labute approximate surface area is 119 Å². The Hall–Kier alpha value is -2.57. The number of nitrogens with one attached hydrogen (secondary N) is 2. The van der Waals surface area contributed by atoms with Crippen molar-refractivity contribution in [2.45, 2.75) is 18.9 Å². The maximum absolute atomic E-state index is 13.5. The fourth-order valence-corrected chi connectivity index (χ4v) is 1.76. The van der Waals surface area contributed by atoms with Crippen molar-refractivity contribution in [3.63, 3.8) is 0 Å². The topological polar surface area (TPSA) is 66.9 Å². The van der Waals surface area contributed by atoms with Gasteiger partial charge in [-0.3, -0.25) is 4.79 Å². The van der Waals surface area contributed by atoms with E-state index in [1.54, 1.807) is 0 Å². The van der Waals surface area contributed by atoms with Crippen LogP contribution in [-0.4, -0.2) is 21.9 Å². The Morgan fingerprint density at radius 2 is 1.90 bits per heavy atom. The van der Waals surface area contributed by atoms with Gasteiger partial charge in [-0.15, -0.1) is 0 Å². The molecule has 2 N–H and O–H groups in total. The van der Waals surface area contributed by atoms with E-state index in [9.17, 15) is 13.6 Å². The zero-order chi connectivity index (χ0) is 14.8. The molecule has 108 valence electrons. The van der Waals surface area contributed by atoms with Crippen LogP contribution in [0, 0.1) is 11.6 Å². The third kappa shape index (κ3) is 3.13. The average molecular weight is 290 g/mol. The molecule has 1 aliphatic carbocycles. The van der Waals surface area contributed by atoms with E-state index >= 15 is 0 Å². The van der Waals surface area contributed by atoms with Gasteiger partial charge in [0, 0.05) is 12.2 Å². The first kappa shape index (κ1) is 13.4. The molecule has 3 rings (SSSR count). The molecule has 1 amide bonds. The van der Waals surface area contributed by atoms with Crippen LogP contribution in [0.5, 0.6) is 0 Å². The van der Waals surface area contributed by atoms with E-state index in [-0.39, 0.29) is 29.3 Å². The molecule has 0 spiro atoms. The Morgan fingerprint density at radius 3 is 2.57 bits per heavy atom. The number of para-hydroxylation sites is 1. The van der Waals surface area contributed by atoms with Crippen LogP contribution in [0.2, 0.25) is 0 Å². The Balaban J connectivity index is 1.81. The van der Waals surface area contributed by atoms with Crippen molar-refractivity contribution in [3.8, 4) is 0 Å². The summed E-state index contributed by atoms with van der Waals surface area (Å²) in [6.07, 6.45) is 3.28. The van der Waals surface area contributed by atoms with Crippen LogP contribution in [0.4, 0.5) is 20.4 Å². The normalized spacial score (nSPS) is 13.8. The van der Waals surface area contributed by atoms with Gasteiger partial charge in [0.05, 0.1) is 0 Å². The molecule has 0 radical (unpaired) electrons. The molecule has 1 aromatic carbocycles. The molecule has 0 aliphatic heterocycles. The third-order valence-electron chi connectivity index (χ3n) is 3.00. The summed E-state index contributed by atoms with van der Waals surface area (Å²) >= 11 is 0. The van der Waals surface area contributed by atoms with Gasteiger partial charge in [-0.2, -0.15) is 0 Å². The van der Waals surface area contributed by atoms with Crippen LogP contribution in [0.1, 0.15) is 23.3 Å². The highest BCUT2D eigenvalue weighted by Crippen LogP contribution is 2.21. The number of nitrogens with zero attached hydrogens (tertiary/aromatic N) is 2. The van der Waals surface area contributed by atoms with Crippen LogP contribution in [0.3, 0.4) is 0 Å². The van der Waals surface area contributed by atoms with Gasteiger partial charge in [-0.05, 0) is 31.0 Å². The minimum atomic E-state index is -0.758. The van der Waals surface area contributed by atoms with Crippen LogP contribution in [0.15, 0.2) is 30.5 Å². The first-order chi connectivity index (χ1) is 10.1. The second-order valence-electron chi connectivity index (χ2n) is 4.73. The molecule has 21 heavy (non-hydrogen) atoms. The first-order valence-electron chi connectivity index (χ1n) is 6.48. The summed E-state index contributed by atoms with van der Waals surface area (Å²) in [6.45, 7) is 0. The van der Waals surface area contributed by atoms with Crippen LogP contribution in [-0.2, 0) is 0 Å². The summed E-state index contributed by atoms with van der Waals surface area (Å²) in [5, 5.41) is 5.23. The van der Waals surface area contributed by atoms with Crippen LogP contribution >= 0.6 is 0 Å². The zero-order valence-corrected chi connectivity index (χ0v) is 10.9. The van der Waals surface area contributed by atoms with Crippen molar-refractivity contribution in [2.75, 3.05) is 5.32 Å². The summed E-state index contributed by atoms with van der Waals surface area (Å²) in [5.74, 6) is -1.88. The minimum Gasteiger partial charge on any atom is -0.348 e. The molecular formula is C14H12F2N4O. The predicted octanol–water partition coefficient (Wildman–Crippen LogP) is 2.39. The van der Waals surface area contributed by atoms with Gasteiger partial charge in [0.25, 0.3) is 5.91 Å². The van der Waals surface area contributed by atoms with Gasteiger partial charge in [0.2, 0.25) is 5.95 Å². The number of halogens is 2. The molecule has 0 bridgehead atoms. The molecule has 1 aromatic heterocycles. The van der Waals surface area contributed by atoms with Gasteiger partial charge in [0.15, 0.2) is 0 Å². The molecule has 0 saturated heterocycles. The number of carbonyl (C=O) groups is 1. The lowest BCUT2D eigenvalue weighted by atomic mass is 10.3. The van der Waals surface area contributed by atoms with Crippen molar-refractivity contribution in [3.05, 3.63) is 47.8 Å². The van der Waals surface area contributed by atoms with E-state index < -0.39 is 11.6 Å². The molecular weight excluding hydrogens is 278 g/mol. The van der Waals surface area contributed by atoms with E-state index in [1.807, 2.05) is 0 Å². The van der Waals surface area contributed by atoms with Crippen LogP contribution in [0.25, 0.3) is 0 Å². The maximum atomic E-state index is 13.5. The SMILES string of the molecule is O=C(NC1CC1)c1ccnc(Nc2c(F)cccc2F)n1. The van der Waals surface area contributed by atoms with Gasteiger partial charge >= 0.3 is 0 Å². The Kier molecular flexibility index (Phi) is 3.47. The highest BCUT2D eigenvalue weighted by atomic mass is 19.1. The standard InChI is InChI=1S/C14H12F2N4O/c15-9-2-1-3-10(16)12(9)20-14-17-7-6-11(19-14)13(21)18-8-4-5-8/h1-3,6-8H,4-5H2,(H,18,21)(H,17,19,20). The predicted molar refractivity (Wildman–Crippen MR) is 72.2 cm³/mol. The third-order valence-corrected chi connectivity index (χ3v) is 3.00. The average Bonchev–Trinajstić information content (AvgIpc) is 3.27. The number of hydrogen-bond donors (Lipinski definition) is 2. The maximum Gasteiger partial charge on any atom is 0.270 e. The van der Waals surface area contributed by atoms with Crippen molar-refractivity contribution in [1.29, 1.82) is 0 Å². The molecule has 0 atom stereocenters. The molecule has 1 heterocycles. The molecule has 1 saturated carbocycles. The molecule has 7 heteroatoms. The number of carbonyl (C=O) groups excluding carboxylic acids is 1. The lowest BCUT2D eigenvalue weighted by Gasteiger charge is -2.08. The van der Waals surface area contributed by atoms with E-state index in [1.165, 1.54) is 18.3 Å². The van der Waals surface area contributed by atoms with Gasteiger partial charge in [-0.25, -0.2) is 18.7 Å². The number of benzene rings is 1. The van der Waals surface area contributed by atoms with Crippen molar-refractivity contribution < 1.29 is 13.6 Å². The quantitative estimate of drug-likeness (QED) is 0.907. The summed E-state index contributed by atoms with van der Waals surface area (Å²) in [7, 11) is 0. The summed E-state index contributed by atoms with van der Waals surface area (Å²) in [6, 6.07) is 5.15. The van der Waals surface area contributed by atoms with E-state index in [0.29, 0.717) is 0 Å². The van der Waals surface area contributed by atoms with E-state index in [4.69, 9.17) is 0 Å². The molecule has 5 nitrogen and oxygen atoms in total. The zero-order valence-electron chi connectivity index (χ0n) is 10.9. The Morgan fingerprint density at radius 1 is 1.19 bits per heavy atom. The van der Waals surface area contributed by atoms with Crippen molar-refractivity contribution >= 4 is 17.5 Å². The minimum absolute atomic E-state index is 0.0394. The molecule has 0 unspecified atom stereocenters. The van der Waals surface area contributed by atoms with Gasteiger partial charge in [0.1, 0.15) is 23.0 Å². The fraction of sp³-hybridized carbons (Fsp3) is 0.214. The number of hydrogen-bond acceptors (Lipinski definition) is 4. The summed E-state index contributed by atoms with van der Waals surface area (Å²) < 4.78 is 27.1. The number of anilines is 2. The smallest absolute Gasteiger partial charge is 0.270 e. The lowest BCUT2D eigenvalue weighted by molar-refractivity contribution is 0.0946. The van der Waals surface area contributed by atoms with Crippen molar-refractivity contribution in [2.24, 2.45) is 0 Å². The molecule has 2 aromatic rings. The number of amides is 1. The fourth-order valence-electron chi connectivity index (χ4n) is 1.76. The largest absolute Gasteiger partial charge is 0.348 e. The lowest BCUT2D eigenvalue weighted by Crippen LogP contribution is -2.26. The van der Waals surface area contributed by atoms with Crippen molar-refractivity contribution in [1.82, 2.24) is 15.3 Å². The second kappa shape index (κ2) is 5.43. The van der Waals surface area contributed by atoms with Gasteiger partial charge < -0.3 is 10.6 Å². The van der Waals surface area contributed by atoms with Crippen LogP contribution < -0.4 is 10.6 Å². The summed E-state index contributed by atoms with van der Waals surface area (Å²) in [5.41, 5.74) is -0.201. The number of rotatable bonds is 4. The molecule has 1 aliphatic rings. The second-order valence-corrected chi connectivity index (χ2v) is 4.73. The molecule has 1 fully saturated rings. The highest BCUT2D eigenvalue weighted by Gasteiger charge is 2.24. The first-order valence-corrected chi connectivity index (χ1v) is 6.48. The van der Waals surface area contributed by atoms with E-state index in [2.05, 4.69) is 20.6 Å². The van der Waals surface area contributed by atoms with Gasteiger partial charge in [-0.1, -0.05) is 6.07 Å². The summed E-state index contributed by atoms with van der Waals surface area (Å²) in [4.78, 5) is 19.7. The number of aromatic nitrogens is 2. The highest BCUT2D eigenvalue weighted by molar-refractivity contribution is 5.92.